The van der Waals surface area contributed by atoms with Gasteiger partial charge in [0.15, 0.2) is 5.58 Å². The number of halogens is 1. The molecule has 0 N–H and O–H groups in total. The SMILES string of the molecule is CCCC(CCC)C(Cl)c1ccc2c(c1)oc(=O)n2C. The summed E-state index contributed by atoms with van der Waals surface area (Å²) in [6.07, 6.45) is 4.52. The molecule has 1 atom stereocenters. The molecule has 0 spiro atoms. The van der Waals surface area contributed by atoms with Gasteiger partial charge in [-0.2, -0.15) is 0 Å². The molecule has 2 aromatic rings. The quantitative estimate of drug-likeness (QED) is 0.728. The van der Waals surface area contributed by atoms with E-state index in [2.05, 4.69) is 13.8 Å². The molecule has 0 bridgehead atoms. The van der Waals surface area contributed by atoms with E-state index in [0.717, 1.165) is 36.8 Å². The van der Waals surface area contributed by atoms with Crippen molar-refractivity contribution in [1.82, 2.24) is 4.57 Å². The summed E-state index contributed by atoms with van der Waals surface area (Å²) in [6, 6.07) is 5.83. The normalized spacial score (nSPS) is 13.2. The molecule has 3 nitrogen and oxygen atoms in total. The van der Waals surface area contributed by atoms with E-state index in [9.17, 15) is 4.79 Å². The van der Waals surface area contributed by atoms with Crippen molar-refractivity contribution in [3.05, 3.63) is 34.3 Å². The Morgan fingerprint density at radius 2 is 1.90 bits per heavy atom. The number of fused-ring (bicyclic) bond motifs is 1. The van der Waals surface area contributed by atoms with Crippen molar-refractivity contribution in [2.75, 3.05) is 0 Å². The van der Waals surface area contributed by atoms with Crippen LogP contribution in [-0.2, 0) is 7.05 Å². The number of aromatic nitrogens is 1. The second-order valence-electron chi connectivity index (χ2n) is 5.39. The summed E-state index contributed by atoms with van der Waals surface area (Å²) in [6.45, 7) is 4.37. The first-order valence-corrected chi connectivity index (χ1v) is 7.75. The van der Waals surface area contributed by atoms with E-state index < -0.39 is 0 Å². The lowest BCUT2D eigenvalue weighted by Gasteiger charge is -2.21. The minimum Gasteiger partial charge on any atom is -0.408 e. The highest BCUT2D eigenvalue weighted by atomic mass is 35.5. The summed E-state index contributed by atoms with van der Waals surface area (Å²) in [4.78, 5) is 11.5. The first-order valence-electron chi connectivity index (χ1n) is 7.32. The maximum atomic E-state index is 11.5. The zero-order valence-electron chi connectivity index (χ0n) is 12.4. The number of hydrogen-bond acceptors (Lipinski definition) is 2. The van der Waals surface area contributed by atoms with Crippen LogP contribution in [0.4, 0.5) is 0 Å². The number of rotatable bonds is 6. The van der Waals surface area contributed by atoms with Gasteiger partial charge >= 0.3 is 5.76 Å². The molecule has 2 rings (SSSR count). The van der Waals surface area contributed by atoms with Crippen LogP contribution in [0.2, 0.25) is 0 Å². The fourth-order valence-electron chi connectivity index (χ4n) is 2.77. The zero-order valence-corrected chi connectivity index (χ0v) is 13.1. The summed E-state index contributed by atoms with van der Waals surface area (Å²) in [7, 11) is 1.71. The Labute approximate surface area is 124 Å². The third-order valence-corrected chi connectivity index (χ3v) is 4.48. The first-order chi connectivity index (χ1) is 9.58. The Morgan fingerprint density at radius 1 is 1.25 bits per heavy atom. The molecule has 0 aliphatic rings. The molecule has 0 aliphatic heterocycles. The molecule has 1 heterocycles. The number of benzene rings is 1. The van der Waals surface area contributed by atoms with Gasteiger partial charge in [0.25, 0.3) is 0 Å². The van der Waals surface area contributed by atoms with Gasteiger partial charge in [-0.05, 0) is 36.5 Å². The zero-order chi connectivity index (χ0) is 14.7. The fourth-order valence-corrected chi connectivity index (χ4v) is 3.16. The van der Waals surface area contributed by atoms with Crippen molar-refractivity contribution in [3.8, 4) is 0 Å². The molecule has 1 aromatic heterocycles. The maximum absolute atomic E-state index is 11.5. The average molecular weight is 296 g/mol. The smallest absolute Gasteiger partial charge is 0.408 e. The Kier molecular flexibility index (Phi) is 4.92. The van der Waals surface area contributed by atoms with Gasteiger partial charge in [-0.25, -0.2) is 4.79 Å². The largest absolute Gasteiger partial charge is 0.419 e. The van der Waals surface area contributed by atoms with Gasteiger partial charge in [0.2, 0.25) is 0 Å². The van der Waals surface area contributed by atoms with Gasteiger partial charge in [0.05, 0.1) is 10.9 Å². The van der Waals surface area contributed by atoms with Crippen LogP contribution in [0.1, 0.15) is 50.5 Å². The van der Waals surface area contributed by atoms with Crippen molar-refractivity contribution in [2.24, 2.45) is 13.0 Å². The van der Waals surface area contributed by atoms with Crippen LogP contribution in [0.3, 0.4) is 0 Å². The fraction of sp³-hybridized carbons (Fsp3) is 0.562. The predicted molar refractivity (Wildman–Crippen MR) is 83.4 cm³/mol. The third-order valence-electron chi connectivity index (χ3n) is 3.87. The molecule has 0 radical (unpaired) electrons. The van der Waals surface area contributed by atoms with Crippen molar-refractivity contribution in [3.63, 3.8) is 0 Å². The van der Waals surface area contributed by atoms with E-state index in [4.69, 9.17) is 16.0 Å². The third kappa shape index (κ3) is 2.93. The molecule has 0 saturated carbocycles. The van der Waals surface area contributed by atoms with Crippen molar-refractivity contribution in [1.29, 1.82) is 0 Å². The highest BCUT2D eigenvalue weighted by Gasteiger charge is 2.20. The lowest BCUT2D eigenvalue weighted by molar-refractivity contribution is 0.426. The number of hydrogen-bond donors (Lipinski definition) is 0. The van der Waals surface area contributed by atoms with E-state index >= 15 is 0 Å². The van der Waals surface area contributed by atoms with Crippen LogP contribution in [0.5, 0.6) is 0 Å². The topological polar surface area (TPSA) is 35.1 Å². The van der Waals surface area contributed by atoms with Crippen molar-refractivity contribution < 1.29 is 4.42 Å². The van der Waals surface area contributed by atoms with E-state index in [1.54, 1.807) is 7.05 Å². The van der Waals surface area contributed by atoms with Gasteiger partial charge in [-0.1, -0.05) is 32.8 Å². The molecule has 0 aliphatic carbocycles. The monoisotopic (exact) mass is 295 g/mol. The number of aryl methyl sites for hydroxylation is 1. The summed E-state index contributed by atoms with van der Waals surface area (Å²) in [5.41, 5.74) is 2.47. The molecule has 0 saturated heterocycles. The van der Waals surface area contributed by atoms with Crippen molar-refractivity contribution in [2.45, 2.75) is 44.9 Å². The predicted octanol–water partition coefficient (Wildman–Crippen LogP) is 4.63. The lowest BCUT2D eigenvalue weighted by atomic mass is 9.90. The number of alkyl halides is 1. The lowest BCUT2D eigenvalue weighted by Crippen LogP contribution is -2.08. The molecule has 0 fully saturated rings. The van der Waals surface area contributed by atoms with Crippen LogP contribution in [0, 0.1) is 5.92 Å². The molecule has 20 heavy (non-hydrogen) atoms. The highest BCUT2D eigenvalue weighted by molar-refractivity contribution is 6.21. The summed E-state index contributed by atoms with van der Waals surface area (Å²) in [5.74, 6) is 0.140. The van der Waals surface area contributed by atoms with E-state index in [1.807, 2.05) is 18.2 Å². The summed E-state index contributed by atoms with van der Waals surface area (Å²) in [5, 5.41) is -0.0233. The second kappa shape index (κ2) is 6.49. The summed E-state index contributed by atoms with van der Waals surface area (Å²) >= 11 is 6.65. The van der Waals surface area contributed by atoms with Crippen LogP contribution >= 0.6 is 11.6 Å². The van der Waals surface area contributed by atoms with Crippen LogP contribution in [0.15, 0.2) is 27.4 Å². The molecule has 1 unspecified atom stereocenters. The van der Waals surface area contributed by atoms with Gasteiger partial charge in [-0.3, -0.25) is 4.57 Å². The molecule has 1 aromatic carbocycles. The minimum atomic E-state index is -0.332. The van der Waals surface area contributed by atoms with Gasteiger partial charge in [0, 0.05) is 7.05 Å². The average Bonchev–Trinajstić information content (AvgIpc) is 2.72. The first kappa shape index (κ1) is 15.2. The van der Waals surface area contributed by atoms with Gasteiger partial charge in [-0.15, -0.1) is 11.6 Å². The van der Waals surface area contributed by atoms with Crippen LogP contribution in [-0.4, -0.2) is 4.57 Å². The van der Waals surface area contributed by atoms with E-state index in [0.29, 0.717) is 11.5 Å². The van der Waals surface area contributed by atoms with Gasteiger partial charge < -0.3 is 4.42 Å². The minimum absolute atomic E-state index is 0.0233. The van der Waals surface area contributed by atoms with Gasteiger partial charge in [0.1, 0.15) is 0 Å². The molecule has 4 heteroatoms. The Bertz CT molecular complexity index is 623. The summed E-state index contributed by atoms with van der Waals surface area (Å²) < 4.78 is 6.75. The molecule has 0 amide bonds. The molecule has 110 valence electrons. The van der Waals surface area contributed by atoms with Crippen LogP contribution in [0.25, 0.3) is 11.1 Å². The Morgan fingerprint density at radius 3 is 2.50 bits per heavy atom. The van der Waals surface area contributed by atoms with E-state index in [-0.39, 0.29) is 11.1 Å². The molecular formula is C16H22ClNO2. The van der Waals surface area contributed by atoms with Crippen molar-refractivity contribution >= 4 is 22.7 Å². The number of oxazole rings is 1. The Balaban J connectivity index is 2.33. The standard InChI is InChI=1S/C16H22ClNO2/c1-4-6-11(7-5-2)15(17)12-8-9-13-14(10-12)20-16(19)18(13)3/h8-11,15H,4-7H2,1-3H3. The van der Waals surface area contributed by atoms with E-state index in [1.165, 1.54) is 4.57 Å². The second-order valence-corrected chi connectivity index (χ2v) is 5.86. The highest BCUT2D eigenvalue weighted by Crippen LogP contribution is 2.36. The maximum Gasteiger partial charge on any atom is 0.419 e. The number of nitrogens with zero attached hydrogens (tertiary/aromatic N) is 1. The van der Waals surface area contributed by atoms with Crippen LogP contribution < -0.4 is 5.76 Å². The Hall–Kier alpha value is -1.22. The molecular weight excluding hydrogens is 274 g/mol.